The van der Waals surface area contributed by atoms with Crippen LogP contribution in [-0.4, -0.2) is 27.2 Å². The highest BCUT2D eigenvalue weighted by Gasteiger charge is 2.25. The molecular formula is C25H22N4OS. The van der Waals surface area contributed by atoms with Gasteiger partial charge in [-0.25, -0.2) is 0 Å². The van der Waals surface area contributed by atoms with Crippen molar-refractivity contribution in [2.24, 2.45) is 0 Å². The zero-order valence-corrected chi connectivity index (χ0v) is 17.6. The van der Waals surface area contributed by atoms with Gasteiger partial charge in [0, 0.05) is 46.8 Å². The lowest BCUT2D eigenvalue weighted by Gasteiger charge is -2.21. The van der Waals surface area contributed by atoms with E-state index in [-0.39, 0.29) is 11.8 Å². The first-order valence-corrected chi connectivity index (χ1v) is 11.1. The van der Waals surface area contributed by atoms with Crippen LogP contribution in [0, 0.1) is 0 Å². The molecular weight excluding hydrogens is 404 g/mol. The van der Waals surface area contributed by atoms with Gasteiger partial charge >= 0.3 is 0 Å². The number of carbonyl (C=O) groups is 1. The second kappa shape index (κ2) is 8.62. The zero-order chi connectivity index (χ0) is 21.0. The Hall–Kier alpha value is -3.64. The van der Waals surface area contributed by atoms with E-state index in [2.05, 4.69) is 51.2 Å². The predicted octanol–water partition coefficient (Wildman–Crippen LogP) is 4.96. The van der Waals surface area contributed by atoms with E-state index in [0.717, 1.165) is 11.1 Å². The number of hydrogen-bond acceptors (Lipinski definition) is 3. The summed E-state index contributed by atoms with van der Waals surface area (Å²) in [6, 6.07) is 23.5. The third kappa shape index (κ3) is 3.90. The normalized spacial score (nSPS) is 13.2. The first-order chi connectivity index (χ1) is 15.3. The van der Waals surface area contributed by atoms with Gasteiger partial charge in [0.05, 0.1) is 0 Å². The number of benzene rings is 2. The van der Waals surface area contributed by atoms with Crippen LogP contribution in [0.1, 0.15) is 28.0 Å². The van der Waals surface area contributed by atoms with Crippen molar-refractivity contribution in [1.29, 1.82) is 0 Å². The van der Waals surface area contributed by atoms with E-state index in [4.69, 9.17) is 0 Å². The van der Waals surface area contributed by atoms with Crippen LogP contribution in [0.25, 0.3) is 10.9 Å². The molecule has 2 aromatic carbocycles. The highest BCUT2D eigenvalue weighted by molar-refractivity contribution is 7.10. The lowest BCUT2D eigenvalue weighted by molar-refractivity contribution is -0.123. The molecule has 5 nitrogen and oxygen atoms in total. The van der Waals surface area contributed by atoms with E-state index in [0.29, 0.717) is 6.54 Å². The number of nitrogens with zero attached hydrogens (tertiary/aromatic N) is 2. The topological polar surface area (TPSA) is 62.7 Å². The summed E-state index contributed by atoms with van der Waals surface area (Å²) in [5.41, 5.74) is 3.20. The lowest BCUT2D eigenvalue weighted by Crippen LogP contribution is -2.36. The average molecular weight is 427 g/mol. The number of carbonyl (C=O) groups excluding carboxylic acids is 1. The maximum absolute atomic E-state index is 13.4. The van der Waals surface area contributed by atoms with E-state index < -0.39 is 6.04 Å². The van der Waals surface area contributed by atoms with Crippen molar-refractivity contribution in [2.45, 2.75) is 12.0 Å². The number of para-hydroxylation sites is 1. The number of aromatic amines is 1. The smallest absolute Gasteiger partial charge is 0.249 e. The molecule has 0 spiro atoms. The molecule has 154 valence electrons. The quantitative estimate of drug-likeness (QED) is 0.386. The van der Waals surface area contributed by atoms with Gasteiger partial charge in [-0.15, -0.1) is 11.3 Å². The molecule has 0 bridgehead atoms. The third-order valence-corrected chi connectivity index (χ3v) is 6.50. The number of amides is 1. The molecule has 6 heteroatoms. The van der Waals surface area contributed by atoms with Crippen LogP contribution in [0.4, 0.5) is 0 Å². The Morgan fingerprint density at radius 3 is 2.65 bits per heavy atom. The largest absolute Gasteiger partial charge is 0.361 e. The summed E-state index contributed by atoms with van der Waals surface area (Å²) in [5, 5.41) is 10.8. The number of H-pyrrole nitrogens is 1. The van der Waals surface area contributed by atoms with E-state index in [1.165, 1.54) is 15.8 Å². The Kier molecular flexibility index (Phi) is 5.37. The van der Waals surface area contributed by atoms with Crippen LogP contribution in [0.2, 0.25) is 0 Å². The van der Waals surface area contributed by atoms with Crippen molar-refractivity contribution in [2.75, 3.05) is 6.54 Å². The van der Waals surface area contributed by atoms with Crippen LogP contribution < -0.4 is 5.32 Å². The van der Waals surface area contributed by atoms with Gasteiger partial charge in [0.1, 0.15) is 0 Å². The molecule has 2 N–H and O–H groups in total. The van der Waals surface area contributed by atoms with Gasteiger partial charge in [-0.3, -0.25) is 9.48 Å². The summed E-state index contributed by atoms with van der Waals surface area (Å²) in [6.45, 7) is 0.506. The van der Waals surface area contributed by atoms with E-state index in [1.807, 2.05) is 54.7 Å². The van der Waals surface area contributed by atoms with Crippen molar-refractivity contribution < 1.29 is 4.79 Å². The molecule has 5 aromatic rings. The third-order valence-electron chi connectivity index (χ3n) is 5.52. The lowest BCUT2D eigenvalue weighted by atomic mass is 9.96. The second-order valence-electron chi connectivity index (χ2n) is 7.40. The average Bonchev–Trinajstić information content (AvgIpc) is 3.58. The fourth-order valence-corrected chi connectivity index (χ4v) is 4.87. The van der Waals surface area contributed by atoms with Gasteiger partial charge in [0.15, 0.2) is 6.04 Å². The fraction of sp³-hybridized carbons (Fsp3) is 0.120. The van der Waals surface area contributed by atoms with Crippen molar-refractivity contribution in [1.82, 2.24) is 20.1 Å². The Morgan fingerprint density at radius 1 is 1.03 bits per heavy atom. The van der Waals surface area contributed by atoms with Crippen LogP contribution in [0.15, 0.2) is 96.8 Å². The SMILES string of the molecule is O=C(NCC(c1cccs1)c1c[nH]c2ccccc12)C(c1ccccc1)n1cccn1. The molecule has 0 radical (unpaired) electrons. The van der Waals surface area contributed by atoms with Crippen LogP contribution in [0.5, 0.6) is 0 Å². The first-order valence-electron chi connectivity index (χ1n) is 10.2. The number of aromatic nitrogens is 3. The summed E-state index contributed by atoms with van der Waals surface area (Å²) in [7, 11) is 0. The van der Waals surface area contributed by atoms with Crippen molar-refractivity contribution in [3.05, 3.63) is 113 Å². The fourth-order valence-electron chi connectivity index (χ4n) is 4.03. The highest BCUT2D eigenvalue weighted by atomic mass is 32.1. The minimum Gasteiger partial charge on any atom is -0.361 e. The Bertz CT molecular complexity index is 1260. The summed E-state index contributed by atoms with van der Waals surface area (Å²) < 4.78 is 1.70. The summed E-state index contributed by atoms with van der Waals surface area (Å²) in [4.78, 5) is 18.0. The van der Waals surface area contributed by atoms with Gasteiger partial charge in [-0.05, 0) is 34.7 Å². The number of fused-ring (bicyclic) bond motifs is 1. The standard InChI is InChI=1S/C25H22N4OS/c30-25(24(29-14-7-13-28-29)18-8-2-1-3-9-18)27-17-21(23-12-6-15-31-23)20-16-26-22-11-5-4-10-19(20)22/h1-16,21,24,26H,17H2,(H,27,30). The Balaban J connectivity index is 1.44. The van der Waals surface area contributed by atoms with Crippen molar-refractivity contribution in [3.63, 3.8) is 0 Å². The van der Waals surface area contributed by atoms with Gasteiger partial charge in [0.2, 0.25) is 5.91 Å². The highest BCUT2D eigenvalue weighted by Crippen LogP contribution is 2.33. The summed E-state index contributed by atoms with van der Waals surface area (Å²) in [6.07, 6.45) is 5.58. The molecule has 1 amide bonds. The zero-order valence-electron chi connectivity index (χ0n) is 16.8. The molecule has 0 saturated carbocycles. The molecule has 2 atom stereocenters. The van der Waals surface area contributed by atoms with Gasteiger partial charge in [-0.2, -0.15) is 5.10 Å². The molecule has 0 aliphatic rings. The Morgan fingerprint density at radius 2 is 1.87 bits per heavy atom. The molecule has 31 heavy (non-hydrogen) atoms. The monoisotopic (exact) mass is 426 g/mol. The maximum Gasteiger partial charge on any atom is 0.249 e. The summed E-state index contributed by atoms with van der Waals surface area (Å²) in [5.74, 6) is -0.00885. The molecule has 0 saturated heterocycles. The van der Waals surface area contributed by atoms with Crippen molar-refractivity contribution in [3.8, 4) is 0 Å². The number of rotatable bonds is 7. The summed E-state index contributed by atoms with van der Waals surface area (Å²) >= 11 is 1.71. The minimum absolute atomic E-state index is 0.0640. The number of thiophene rings is 1. The first kappa shape index (κ1) is 19.3. The van der Waals surface area contributed by atoms with Gasteiger partial charge in [-0.1, -0.05) is 54.6 Å². The minimum atomic E-state index is -0.511. The van der Waals surface area contributed by atoms with Gasteiger partial charge in [0.25, 0.3) is 0 Å². The van der Waals surface area contributed by atoms with E-state index >= 15 is 0 Å². The number of hydrogen-bond donors (Lipinski definition) is 2. The number of nitrogens with one attached hydrogen (secondary N) is 2. The maximum atomic E-state index is 13.4. The second-order valence-corrected chi connectivity index (χ2v) is 8.38. The molecule has 0 aliphatic heterocycles. The molecule has 2 unspecified atom stereocenters. The van der Waals surface area contributed by atoms with Crippen LogP contribution in [-0.2, 0) is 4.79 Å². The molecule has 0 aliphatic carbocycles. The van der Waals surface area contributed by atoms with Crippen molar-refractivity contribution >= 4 is 28.1 Å². The molecule has 3 heterocycles. The Labute approximate surface area is 184 Å². The molecule has 3 aromatic heterocycles. The predicted molar refractivity (Wildman–Crippen MR) is 124 cm³/mol. The van der Waals surface area contributed by atoms with Crippen LogP contribution in [0.3, 0.4) is 0 Å². The van der Waals surface area contributed by atoms with E-state index in [9.17, 15) is 4.79 Å². The van der Waals surface area contributed by atoms with Gasteiger partial charge < -0.3 is 10.3 Å². The molecule has 5 rings (SSSR count). The molecule has 0 fully saturated rings. The van der Waals surface area contributed by atoms with E-state index in [1.54, 1.807) is 22.2 Å². The van der Waals surface area contributed by atoms with Crippen LogP contribution >= 0.6 is 11.3 Å².